The predicted octanol–water partition coefficient (Wildman–Crippen LogP) is 3.06. The van der Waals surface area contributed by atoms with E-state index >= 15 is 0 Å². The Bertz CT molecular complexity index is 640. The van der Waals surface area contributed by atoms with Crippen molar-refractivity contribution in [3.63, 3.8) is 0 Å². The van der Waals surface area contributed by atoms with Gasteiger partial charge < -0.3 is 4.98 Å². The first kappa shape index (κ1) is 9.33. The summed E-state index contributed by atoms with van der Waals surface area (Å²) in [5, 5.41) is 1.12. The maximum absolute atomic E-state index is 4.64. The molecule has 1 aromatic carbocycles. The smallest absolute Gasteiger partial charge is 0.107 e. The van der Waals surface area contributed by atoms with Crippen LogP contribution in [-0.2, 0) is 6.42 Å². The first-order valence-electron chi connectivity index (χ1n) is 5.61. The summed E-state index contributed by atoms with van der Waals surface area (Å²) in [5.41, 5.74) is 3.07. The minimum Gasteiger partial charge on any atom is -0.341 e. The molecule has 2 heterocycles. The minimum absolute atomic E-state index is 0.989. The van der Waals surface area contributed by atoms with Crippen molar-refractivity contribution in [1.29, 1.82) is 0 Å². The lowest BCUT2D eigenvalue weighted by atomic mass is 10.2. The van der Waals surface area contributed by atoms with Crippen LogP contribution < -0.4 is 0 Å². The topological polar surface area (TPSA) is 41.6 Å². The molecule has 2 aromatic heterocycles. The van der Waals surface area contributed by atoms with Gasteiger partial charge in [0.05, 0.1) is 22.7 Å². The van der Waals surface area contributed by atoms with Crippen molar-refractivity contribution in [2.45, 2.75) is 19.8 Å². The number of aromatic amines is 1. The summed E-state index contributed by atoms with van der Waals surface area (Å²) in [6.45, 7) is 2.16. The minimum atomic E-state index is 0.989. The normalized spacial score (nSPS) is 11.3. The number of hydrogen-bond donors (Lipinski definition) is 1. The molecular weight excluding hydrogens is 198 g/mol. The second-order valence-electron chi connectivity index (χ2n) is 3.97. The molecule has 0 aliphatic heterocycles. The molecule has 0 bridgehead atoms. The number of nitrogens with zero attached hydrogens (tertiary/aromatic N) is 2. The molecule has 1 N–H and O–H groups in total. The Morgan fingerprint density at radius 2 is 2.12 bits per heavy atom. The number of para-hydroxylation sites is 1. The molecule has 0 saturated carbocycles. The van der Waals surface area contributed by atoms with Crippen LogP contribution in [0, 0.1) is 0 Å². The van der Waals surface area contributed by atoms with Crippen LogP contribution >= 0.6 is 0 Å². The molecular formula is C13H13N3. The van der Waals surface area contributed by atoms with E-state index < -0.39 is 0 Å². The molecule has 0 fully saturated rings. The number of rotatable bonds is 2. The van der Waals surface area contributed by atoms with Gasteiger partial charge in [0, 0.05) is 11.8 Å². The van der Waals surface area contributed by atoms with Gasteiger partial charge in [-0.15, -0.1) is 0 Å². The number of fused-ring (bicyclic) bond motifs is 3. The van der Waals surface area contributed by atoms with Gasteiger partial charge in [-0.3, -0.25) is 4.98 Å². The highest BCUT2D eigenvalue weighted by Crippen LogP contribution is 2.21. The molecule has 0 aliphatic carbocycles. The van der Waals surface area contributed by atoms with Gasteiger partial charge in [0.15, 0.2) is 0 Å². The van der Waals surface area contributed by atoms with Gasteiger partial charge in [0.2, 0.25) is 0 Å². The number of aryl methyl sites for hydroxylation is 1. The molecule has 0 atom stereocenters. The molecule has 3 aromatic rings. The zero-order valence-corrected chi connectivity index (χ0v) is 9.20. The highest BCUT2D eigenvalue weighted by Gasteiger charge is 2.06. The van der Waals surface area contributed by atoms with E-state index in [-0.39, 0.29) is 0 Å². The van der Waals surface area contributed by atoms with Crippen molar-refractivity contribution < 1.29 is 0 Å². The molecule has 3 heteroatoms. The van der Waals surface area contributed by atoms with E-state index in [1.54, 1.807) is 0 Å². The zero-order valence-electron chi connectivity index (χ0n) is 9.20. The van der Waals surface area contributed by atoms with Gasteiger partial charge in [0.25, 0.3) is 0 Å². The van der Waals surface area contributed by atoms with Crippen LogP contribution in [-0.4, -0.2) is 15.0 Å². The van der Waals surface area contributed by atoms with Gasteiger partial charge in [-0.25, -0.2) is 4.98 Å². The summed E-state index contributed by atoms with van der Waals surface area (Å²) in [6.07, 6.45) is 3.96. The highest BCUT2D eigenvalue weighted by atomic mass is 14.9. The van der Waals surface area contributed by atoms with Crippen LogP contribution in [0.4, 0.5) is 0 Å². The molecule has 3 rings (SSSR count). The quantitative estimate of drug-likeness (QED) is 0.707. The number of hydrogen-bond acceptors (Lipinski definition) is 2. The van der Waals surface area contributed by atoms with Gasteiger partial charge in [0.1, 0.15) is 5.82 Å². The predicted molar refractivity (Wildman–Crippen MR) is 65.4 cm³/mol. The molecule has 80 valence electrons. The Morgan fingerprint density at radius 3 is 3.00 bits per heavy atom. The summed E-state index contributed by atoms with van der Waals surface area (Å²) in [7, 11) is 0. The van der Waals surface area contributed by atoms with Crippen molar-refractivity contribution in [3.05, 3.63) is 36.3 Å². The third-order valence-corrected chi connectivity index (χ3v) is 2.76. The summed E-state index contributed by atoms with van der Waals surface area (Å²) < 4.78 is 0. The maximum Gasteiger partial charge on any atom is 0.107 e. The second kappa shape index (κ2) is 3.59. The summed E-state index contributed by atoms with van der Waals surface area (Å²) >= 11 is 0. The van der Waals surface area contributed by atoms with Crippen molar-refractivity contribution in [2.24, 2.45) is 0 Å². The first-order chi connectivity index (χ1) is 7.88. The lowest BCUT2D eigenvalue weighted by molar-refractivity contribution is 0.861. The number of aromatic nitrogens is 3. The Hall–Kier alpha value is -1.90. The van der Waals surface area contributed by atoms with Crippen LogP contribution in [0.2, 0.25) is 0 Å². The Labute approximate surface area is 93.5 Å². The molecule has 0 aliphatic rings. The molecule has 0 saturated heterocycles. The Morgan fingerprint density at radius 1 is 1.25 bits per heavy atom. The summed E-state index contributed by atoms with van der Waals surface area (Å²) in [4.78, 5) is 12.4. The van der Waals surface area contributed by atoms with Gasteiger partial charge in [-0.2, -0.15) is 0 Å². The van der Waals surface area contributed by atoms with E-state index in [9.17, 15) is 0 Å². The highest BCUT2D eigenvalue weighted by molar-refractivity contribution is 6.01. The maximum atomic E-state index is 4.64. The van der Waals surface area contributed by atoms with Gasteiger partial charge in [-0.1, -0.05) is 25.1 Å². The number of H-pyrrole nitrogens is 1. The van der Waals surface area contributed by atoms with Crippen molar-refractivity contribution in [3.8, 4) is 0 Å². The fraction of sp³-hybridized carbons (Fsp3) is 0.231. The summed E-state index contributed by atoms with van der Waals surface area (Å²) in [6, 6.07) is 8.11. The van der Waals surface area contributed by atoms with E-state index in [1.165, 1.54) is 0 Å². The molecule has 0 spiro atoms. The van der Waals surface area contributed by atoms with E-state index in [1.807, 2.05) is 24.4 Å². The molecule has 0 unspecified atom stereocenters. The average molecular weight is 211 g/mol. The third kappa shape index (κ3) is 1.36. The zero-order chi connectivity index (χ0) is 11.0. The Kier molecular flexibility index (Phi) is 2.10. The van der Waals surface area contributed by atoms with E-state index in [2.05, 4.69) is 27.9 Å². The standard InChI is InChI=1S/C13H13N3/c1-2-5-12-15-11-8-14-10-7-4-3-6-9(10)13(11)16-12/h3-4,6-8H,2,5H2,1H3,(H,15,16). The van der Waals surface area contributed by atoms with Crippen molar-refractivity contribution in [2.75, 3.05) is 0 Å². The third-order valence-electron chi connectivity index (χ3n) is 2.76. The number of benzene rings is 1. The van der Waals surface area contributed by atoms with Crippen LogP contribution in [0.25, 0.3) is 21.9 Å². The molecule has 0 amide bonds. The Balaban J connectivity index is 2.32. The van der Waals surface area contributed by atoms with E-state index in [4.69, 9.17) is 0 Å². The number of nitrogens with one attached hydrogen (secondary N) is 1. The fourth-order valence-electron chi connectivity index (χ4n) is 2.01. The van der Waals surface area contributed by atoms with E-state index in [0.717, 1.165) is 40.6 Å². The number of pyridine rings is 1. The van der Waals surface area contributed by atoms with Crippen LogP contribution in [0.1, 0.15) is 19.2 Å². The SMILES string of the molecule is CCCc1nc2c(cnc3ccccc32)[nH]1. The molecule has 0 radical (unpaired) electrons. The van der Waals surface area contributed by atoms with Crippen LogP contribution in [0.3, 0.4) is 0 Å². The van der Waals surface area contributed by atoms with Gasteiger partial charge in [-0.05, 0) is 12.5 Å². The fourth-order valence-corrected chi connectivity index (χ4v) is 2.01. The largest absolute Gasteiger partial charge is 0.341 e. The average Bonchev–Trinajstić information content (AvgIpc) is 2.72. The van der Waals surface area contributed by atoms with Gasteiger partial charge >= 0.3 is 0 Å². The second-order valence-corrected chi connectivity index (χ2v) is 3.97. The van der Waals surface area contributed by atoms with Crippen LogP contribution in [0.5, 0.6) is 0 Å². The molecule has 3 nitrogen and oxygen atoms in total. The van der Waals surface area contributed by atoms with Crippen molar-refractivity contribution in [1.82, 2.24) is 15.0 Å². The van der Waals surface area contributed by atoms with Crippen LogP contribution in [0.15, 0.2) is 30.5 Å². The first-order valence-corrected chi connectivity index (χ1v) is 5.61. The lowest BCUT2D eigenvalue weighted by Crippen LogP contribution is -1.84. The lowest BCUT2D eigenvalue weighted by Gasteiger charge is -1.95. The van der Waals surface area contributed by atoms with Crippen molar-refractivity contribution >= 4 is 21.9 Å². The van der Waals surface area contributed by atoms with E-state index in [0.29, 0.717) is 0 Å². The summed E-state index contributed by atoms with van der Waals surface area (Å²) in [5.74, 6) is 1.05. The monoisotopic (exact) mass is 211 g/mol. The molecule has 16 heavy (non-hydrogen) atoms. The number of imidazole rings is 1.